The van der Waals surface area contributed by atoms with Gasteiger partial charge in [0.2, 0.25) is 0 Å². The van der Waals surface area contributed by atoms with Crippen LogP contribution in [0.15, 0.2) is 18.2 Å². The summed E-state index contributed by atoms with van der Waals surface area (Å²) in [5.41, 5.74) is 2.96. The van der Waals surface area contributed by atoms with Gasteiger partial charge >= 0.3 is 58.4 Å². The monoisotopic (exact) mass is 244 g/mol. The summed E-state index contributed by atoms with van der Waals surface area (Å²) in [4.78, 5) is 9.39. The minimum Gasteiger partial charge on any atom is -0.445 e. The van der Waals surface area contributed by atoms with E-state index in [1.54, 1.807) is 0 Å². The van der Waals surface area contributed by atoms with Crippen molar-refractivity contribution >= 4 is 23.8 Å². The molecule has 0 aliphatic heterocycles. The topological polar surface area (TPSA) is 69.2 Å². The second-order valence-electron chi connectivity index (χ2n) is 2.65. The SMILES string of the molecule is Nc1cc([N+](=O)[O-])ccc1[B-](F)(F)F.[K+]. The fourth-order valence-corrected chi connectivity index (χ4v) is 0.974. The smallest absolute Gasteiger partial charge is 0.445 e. The van der Waals surface area contributed by atoms with Crippen LogP contribution in [0.3, 0.4) is 0 Å². The first-order chi connectivity index (χ1) is 6.32. The second kappa shape index (κ2) is 5.30. The van der Waals surface area contributed by atoms with Crippen LogP contribution in [-0.4, -0.2) is 11.9 Å². The minimum atomic E-state index is -5.21. The molecule has 0 heterocycles. The van der Waals surface area contributed by atoms with Gasteiger partial charge in [0.25, 0.3) is 5.69 Å². The van der Waals surface area contributed by atoms with E-state index in [2.05, 4.69) is 0 Å². The van der Waals surface area contributed by atoms with Crippen LogP contribution in [-0.2, 0) is 0 Å². The molecule has 15 heavy (non-hydrogen) atoms. The van der Waals surface area contributed by atoms with E-state index in [0.717, 1.165) is 6.07 Å². The molecule has 0 radical (unpaired) electrons. The average Bonchev–Trinajstić information content (AvgIpc) is 2.01. The third-order valence-corrected chi connectivity index (χ3v) is 1.63. The van der Waals surface area contributed by atoms with E-state index < -0.39 is 28.7 Å². The largest absolute Gasteiger partial charge is 1.00 e. The van der Waals surface area contributed by atoms with Crippen molar-refractivity contribution in [1.82, 2.24) is 0 Å². The van der Waals surface area contributed by atoms with Crippen LogP contribution < -0.4 is 62.6 Å². The summed E-state index contributed by atoms with van der Waals surface area (Å²) in [5.74, 6) is 0. The van der Waals surface area contributed by atoms with E-state index in [1.165, 1.54) is 0 Å². The van der Waals surface area contributed by atoms with Gasteiger partial charge in [-0.15, -0.1) is 0 Å². The zero-order chi connectivity index (χ0) is 10.9. The molecule has 0 atom stereocenters. The van der Waals surface area contributed by atoms with Crippen molar-refractivity contribution < 1.29 is 69.3 Å². The summed E-state index contributed by atoms with van der Waals surface area (Å²) in [6, 6.07) is 2.10. The molecule has 0 fully saturated rings. The maximum Gasteiger partial charge on any atom is 1.00 e. The zero-order valence-corrected chi connectivity index (χ0v) is 10.9. The first kappa shape index (κ1) is 14.9. The number of nitrogen functional groups attached to an aromatic ring is 1. The molecule has 0 aliphatic rings. The second-order valence-corrected chi connectivity index (χ2v) is 2.65. The first-order valence-corrected chi connectivity index (χ1v) is 3.56. The van der Waals surface area contributed by atoms with Crippen molar-refractivity contribution in [1.29, 1.82) is 0 Å². The van der Waals surface area contributed by atoms with Crippen LogP contribution >= 0.6 is 0 Å². The molecule has 0 amide bonds. The number of nitrogens with two attached hydrogens (primary N) is 1. The molecular formula is C6H5BF3KN2O2. The van der Waals surface area contributed by atoms with E-state index in [9.17, 15) is 23.1 Å². The van der Waals surface area contributed by atoms with E-state index in [4.69, 9.17) is 5.73 Å². The molecule has 76 valence electrons. The van der Waals surface area contributed by atoms with Crippen molar-refractivity contribution in [2.45, 2.75) is 0 Å². The standard InChI is InChI=1S/C6H5BF3N2O2.K/c8-7(9,10)5-2-1-4(12(13)14)3-6(5)11;/h1-3H,11H2;/q-1;+1. The molecule has 2 N–H and O–H groups in total. The van der Waals surface area contributed by atoms with Crippen LogP contribution in [0.25, 0.3) is 0 Å². The van der Waals surface area contributed by atoms with Crippen molar-refractivity contribution in [3.63, 3.8) is 0 Å². The molecule has 0 saturated carbocycles. The zero-order valence-electron chi connectivity index (χ0n) is 7.78. The summed E-state index contributed by atoms with van der Waals surface area (Å²) < 4.78 is 36.6. The predicted molar refractivity (Wildman–Crippen MR) is 46.2 cm³/mol. The summed E-state index contributed by atoms with van der Waals surface area (Å²) in [6.07, 6.45) is 0. The van der Waals surface area contributed by atoms with Crippen molar-refractivity contribution in [2.24, 2.45) is 0 Å². The summed E-state index contributed by atoms with van der Waals surface area (Å²) in [6.45, 7) is -5.21. The Balaban J connectivity index is 0.00000196. The molecule has 0 aromatic heterocycles. The number of anilines is 1. The Morgan fingerprint density at radius 2 is 1.87 bits per heavy atom. The van der Waals surface area contributed by atoms with Crippen LogP contribution in [0.4, 0.5) is 24.3 Å². The van der Waals surface area contributed by atoms with Gasteiger partial charge < -0.3 is 18.7 Å². The Labute approximate surface area is 126 Å². The van der Waals surface area contributed by atoms with Crippen molar-refractivity contribution in [2.75, 3.05) is 5.73 Å². The van der Waals surface area contributed by atoms with Gasteiger partial charge in [0.05, 0.1) is 4.92 Å². The third-order valence-electron chi connectivity index (χ3n) is 1.63. The maximum atomic E-state index is 12.2. The first-order valence-electron chi connectivity index (χ1n) is 3.56. The number of hydrogen-bond donors (Lipinski definition) is 1. The van der Waals surface area contributed by atoms with E-state index in [-0.39, 0.29) is 51.4 Å². The number of nitro groups is 1. The molecular weight excluding hydrogens is 239 g/mol. The molecule has 1 aromatic rings. The molecule has 9 heteroatoms. The van der Waals surface area contributed by atoms with Crippen LogP contribution in [0.1, 0.15) is 0 Å². The number of nitrogens with zero attached hydrogens (tertiary/aromatic N) is 1. The van der Waals surface area contributed by atoms with Gasteiger partial charge in [-0.05, 0) is 0 Å². The molecule has 0 aliphatic carbocycles. The normalized spacial score (nSPS) is 10.6. The Bertz CT molecular complexity index is 385. The molecule has 1 aromatic carbocycles. The quantitative estimate of drug-likeness (QED) is 0.290. The molecule has 0 bridgehead atoms. The summed E-state index contributed by atoms with van der Waals surface area (Å²) >= 11 is 0. The number of halogens is 3. The van der Waals surface area contributed by atoms with Gasteiger partial charge in [-0.1, -0.05) is 11.5 Å². The van der Waals surface area contributed by atoms with E-state index in [0.29, 0.717) is 12.1 Å². The van der Waals surface area contributed by atoms with Crippen molar-refractivity contribution in [3.05, 3.63) is 28.3 Å². The Morgan fingerprint density at radius 3 is 2.20 bits per heavy atom. The molecule has 0 saturated heterocycles. The fourth-order valence-electron chi connectivity index (χ4n) is 0.974. The fraction of sp³-hybridized carbons (Fsp3) is 0. The number of benzene rings is 1. The van der Waals surface area contributed by atoms with Gasteiger partial charge in [-0.25, -0.2) is 0 Å². The van der Waals surface area contributed by atoms with Crippen LogP contribution in [0.2, 0.25) is 0 Å². The molecule has 0 spiro atoms. The number of non-ortho nitro benzene ring substituents is 1. The Hall–Kier alpha value is -0.0887. The minimum absolute atomic E-state index is 0. The van der Waals surface area contributed by atoms with Crippen molar-refractivity contribution in [3.8, 4) is 0 Å². The molecule has 0 unspecified atom stereocenters. The predicted octanol–water partition coefficient (Wildman–Crippen LogP) is -1.76. The number of hydrogen-bond acceptors (Lipinski definition) is 3. The third kappa shape index (κ3) is 3.76. The van der Waals surface area contributed by atoms with E-state index in [1.807, 2.05) is 0 Å². The number of rotatable bonds is 2. The van der Waals surface area contributed by atoms with Gasteiger partial charge in [-0.3, -0.25) is 10.1 Å². The maximum absolute atomic E-state index is 12.2. The van der Waals surface area contributed by atoms with E-state index >= 15 is 0 Å². The Morgan fingerprint density at radius 1 is 1.33 bits per heavy atom. The summed E-state index contributed by atoms with van der Waals surface area (Å²) in [7, 11) is 0. The van der Waals surface area contributed by atoms with Gasteiger partial charge in [0, 0.05) is 17.8 Å². The number of nitro benzene ring substituents is 1. The van der Waals surface area contributed by atoms with Gasteiger partial charge in [-0.2, -0.15) is 0 Å². The van der Waals surface area contributed by atoms with Gasteiger partial charge in [0.1, 0.15) is 0 Å². The molecule has 4 nitrogen and oxygen atoms in total. The van der Waals surface area contributed by atoms with Gasteiger partial charge in [0.15, 0.2) is 0 Å². The van der Waals surface area contributed by atoms with Crippen LogP contribution in [0.5, 0.6) is 0 Å². The molecule has 1 rings (SSSR count). The Kier molecular flexibility index (Phi) is 5.27. The van der Waals surface area contributed by atoms with Crippen LogP contribution in [0, 0.1) is 10.1 Å². The average molecular weight is 244 g/mol. The summed E-state index contributed by atoms with van der Waals surface area (Å²) in [5, 5.41) is 10.2.